The molecule has 0 saturated carbocycles. The Morgan fingerprint density at radius 2 is 0.511 bits per heavy atom. The molecule has 0 saturated heterocycles. The van der Waals surface area contributed by atoms with Gasteiger partial charge in [-0.2, -0.15) is 0 Å². The molecular formula is C71H138O17P2. The molecule has 0 bridgehead atoms. The van der Waals surface area contributed by atoms with Crippen LogP contribution in [0.15, 0.2) is 0 Å². The third-order valence-corrected chi connectivity index (χ3v) is 18.4. The first-order chi connectivity index (χ1) is 43.5. The molecule has 17 nitrogen and oxygen atoms in total. The van der Waals surface area contributed by atoms with Crippen LogP contribution in [-0.2, 0) is 65.4 Å². The fraction of sp³-hybridized carbons (Fsp3) is 0.944. The minimum Gasteiger partial charge on any atom is -0.462 e. The minimum atomic E-state index is -4.95. The molecule has 0 aliphatic carbocycles. The lowest BCUT2D eigenvalue weighted by atomic mass is 10.0. The third-order valence-electron chi connectivity index (χ3n) is 16.5. The van der Waals surface area contributed by atoms with Crippen molar-refractivity contribution in [1.82, 2.24) is 0 Å². The molecule has 0 rings (SSSR count). The summed E-state index contributed by atoms with van der Waals surface area (Å²) in [6.45, 7) is 7.22. The topological polar surface area (TPSA) is 237 Å². The number of carbonyl (C=O) groups excluding carboxylic acids is 4. The molecule has 0 aliphatic rings. The predicted molar refractivity (Wildman–Crippen MR) is 363 cm³/mol. The largest absolute Gasteiger partial charge is 0.472 e. The number of rotatable bonds is 71. The second-order valence-electron chi connectivity index (χ2n) is 26.1. The van der Waals surface area contributed by atoms with Crippen LogP contribution in [0.2, 0.25) is 0 Å². The summed E-state index contributed by atoms with van der Waals surface area (Å²) in [5.41, 5.74) is 0. The molecular weight excluding hydrogens is 1190 g/mol. The summed E-state index contributed by atoms with van der Waals surface area (Å²) in [5, 5.41) is 10.6. The Balaban J connectivity index is 5.17. The lowest BCUT2D eigenvalue weighted by Crippen LogP contribution is -2.30. The maximum Gasteiger partial charge on any atom is 0.472 e. The number of unbranched alkanes of at least 4 members (excludes halogenated alkanes) is 43. The predicted octanol–water partition coefficient (Wildman–Crippen LogP) is 20.5. The number of hydrogen-bond donors (Lipinski definition) is 3. The molecule has 2 unspecified atom stereocenters. The molecule has 0 amide bonds. The Labute approximate surface area is 549 Å². The van der Waals surface area contributed by atoms with Crippen LogP contribution in [0.3, 0.4) is 0 Å². The molecule has 5 atom stereocenters. The van der Waals surface area contributed by atoms with Crippen molar-refractivity contribution in [3.05, 3.63) is 0 Å². The highest BCUT2D eigenvalue weighted by Crippen LogP contribution is 2.45. The maximum absolute atomic E-state index is 13.0. The third kappa shape index (κ3) is 64.8. The summed E-state index contributed by atoms with van der Waals surface area (Å²) < 4.78 is 68.2. The number of phosphoric acid groups is 2. The Morgan fingerprint density at radius 3 is 0.756 bits per heavy atom. The van der Waals surface area contributed by atoms with Crippen molar-refractivity contribution in [2.24, 2.45) is 5.92 Å². The standard InChI is InChI=1S/C71H138O17P2/c1-6-9-12-15-18-21-22-23-24-25-26-30-33-36-41-45-50-55-69(74)82-61-67(88-71(76)57-52-47-42-37-34-31-28-27-29-32-35-38-43-48-53-64(4)5)63-86-90(79,80)84-59-65(72)58-83-89(77,78)85-62-66(87-70(75)56-51-46-40-20-17-14-11-8-3)60-81-68(73)54-49-44-39-19-16-13-10-7-2/h64-67,72H,6-63H2,1-5H3,(H,77,78)(H,79,80)/t65-,66+,67+/m0/s1. The molecule has 0 aliphatic heterocycles. The average molecular weight is 1330 g/mol. The highest BCUT2D eigenvalue weighted by molar-refractivity contribution is 7.47. The number of ether oxygens (including phenoxy) is 4. The van der Waals surface area contributed by atoms with Crippen molar-refractivity contribution >= 4 is 39.5 Å². The molecule has 0 radical (unpaired) electrons. The fourth-order valence-corrected chi connectivity index (χ4v) is 12.4. The van der Waals surface area contributed by atoms with E-state index in [0.717, 1.165) is 109 Å². The highest BCUT2D eigenvalue weighted by atomic mass is 31.2. The second kappa shape index (κ2) is 64.4. The normalized spacial score (nSPS) is 14.1. The van der Waals surface area contributed by atoms with Gasteiger partial charge < -0.3 is 33.8 Å². The van der Waals surface area contributed by atoms with E-state index >= 15 is 0 Å². The van der Waals surface area contributed by atoms with E-state index in [4.69, 9.17) is 37.0 Å². The number of phosphoric ester groups is 2. The molecule has 0 aromatic rings. The molecule has 90 heavy (non-hydrogen) atoms. The monoisotopic (exact) mass is 1320 g/mol. The summed E-state index contributed by atoms with van der Waals surface area (Å²) in [6.07, 6.45) is 51.5. The molecule has 0 heterocycles. The van der Waals surface area contributed by atoms with Gasteiger partial charge in [-0.05, 0) is 31.6 Å². The van der Waals surface area contributed by atoms with Crippen LogP contribution >= 0.6 is 15.6 Å². The molecule has 534 valence electrons. The fourth-order valence-electron chi connectivity index (χ4n) is 10.8. The van der Waals surface area contributed by atoms with Crippen LogP contribution in [0, 0.1) is 5.92 Å². The van der Waals surface area contributed by atoms with Crippen molar-refractivity contribution < 1.29 is 80.2 Å². The molecule has 0 aromatic carbocycles. The number of aliphatic hydroxyl groups is 1. The molecule has 19 heteroatoms. The van der Waals surface area contributed by atoms with E-state index in [1.54, 1.807) is 0 Å². The van der Waals surface area contributed by atoms with Gasteiger partial charge in [-0.15, -0.1) is 0 Å². The van der Waals surface area contributed by atoms with E-state index in [1.165, 1.54) is 180 Å². The lowest BCUT2D eigenvalue weighted by Gasteiger charge is -2.21. The Morgan fingerprint density at radius 1 is 0.300 bits per heavy atom. The molecule has 0 fully saturated rings. The van der Waals surface area contributed by atoms with Crippen molar-refractivity contribution in [2.75, 3.05) is 39.6 Å². The van der Waals surface area contributed by atoms with Crippen LogP contribution in [0.4, 0.5) is 0 Å². The van der Waals surface area contributed by atoms with Crippen LogP contribution in [0.25, 0.3) is 0 Å². The maximum atomic E-state index is 13.0. The second-order valence-corrected chi connectivity index (χ2v) is 29.0. The Bertz CT molecular complexity index is 1740. The zero-order valence-electron chi connectivity index (χ0n) is 58.3. The van der Waals surface area contributed by atoms with E-state index < -0.39 is 97.5 Å². The smallest absolute Gasteiger partial charge is 0.462 e. The van der Waals surface area contributed by atoms with Gasteiger partial charge in [0.15, 0.2) is 12.2 Å². The number of aliphatic hydroxyl groups excluding tert-OH is 1. The molecule has 0 aromatic heterocycles. The number of hydrogen-bond acceptors (Lipinski definition) is 15. The van der Waals surface area contributed by atoms with E-state index in [0.29, 0.717) is 25.7 Å². The van der Waals surface area contributed by atoms with Crippen molar-refractivity contribution in [3.8, 4) is 0 Å². The first kappa shape index (κ1) is 88.1. The van der Waals surface area contributed by atoms with Crippen LogP contribution in [0.1, 0.15) is 369 Å². The van der Waals surface area contributed by atoms with E-state index in [1.807, 2.05) is 0 Å². The van der Waals surface area contributed by atoms with Gasteiger partial charge >= 0.3 is 39.5 Å². The van der Waals surface area contributed by atoms with Crippen LogP contribution in [0.5, 0.6) is 0 Å². The van der Waals surface area contributed by atoms with Gasteiger partial charge in [0, 0.05) is 25.7 Å². The molecule has 3 N–H and O–H groups in total. The Kier molecular flexibility index (Phi) is 63.0. The summed E-state index contributed by atoms with van der Waals surface area (Å²) in [5.74, 6) is -1.33. The quantitative estimate of drug-likeness (QED) is 0.0222. The summed E-state index contributed by atoms with van der Waals surface area (Å²) in [4.78, 5) is 72.4. The summed E-state index contributed by atoms with van der Waals surface area (Å²) >= 11 is 0. The number of carbonyl (C=O) groups is 4. The van der Waals surface area contributed by atoms with Crippen molar-refractivity contribution in [3.63, 3.8) is 0 Å². The van der Waals surface area contributed by atoms with Crippen molar-refractivity contribution in [2.45, 2.75) is 387 Å². The van der Waals surface area contributed by atoms with Gasteiger partial charge in [-0.3, -0.25) is 37.3 Å². The Hall–Kier alpha value is -1.94. The van der Waals surface area contributed by atoms with Crippen LogP contribution < -0.4 is 0 Å². The average Bonchev–Trinajstić information content (AvgIpc) is 2.87. The van der Waals surface area contributed by atoms with E-state index in [2.05, 4.69) is 34.6 Å². The summed E-state index contributed by atoms with van der Waals surface area (Å²) in [6, 6.07) is 0. The van der Waals surface area contributed by atoms with Gasteiger partial charge in [0.05, 0.1) is 26.4 Å². The minimum absolute atomic E-state index is 0.105. The van der Waals surface area contributed by atoms with Gasteiger partial charge in [-0.1, -0.05) is 317 Å². The van der Waals surface area contributed by atoms with Gasteiger partial charge in [-0.25, -0.2) is 9.13 Å². The first-order valence-corrected chi connectivity index (χ1v) is 40.1. The van der Waals surface area contributed by atoms with Gasteiger partial charge in [0.1, 0.15) is 19.3 Å². The SMILES string of the molecule is CCCCCCCCCCCCCCCCCCCC(=O)OC[C@H](COP(=O)(O)OC[C@@H](O)COP(=O)(O)OC[C@@H](COC(=O)CCCCCCCCCC)OC(=O)CCCCCCCCCC)OC(=O)CCCCCCCCCCCCCCCCC(C)C. The highest BCUT2D eigenvalue weighted by Gasteiger charge is 2.30. The molecule has 0 spiro atoms. The number of esters is 4. The summed E-state index contributed by atoms with van der Waals surface area (Å²) in [7, 11) is -9.89. The lowest BCUT2D eigenvalue weighted by molar-refractivity contribution is -0.161. The zero-order valence-corrected chi connectivity index (χ0v) is 60.1. The van der Waals surface area contributed by atoms with E-state index in [-0.39, 0.29) is 25.7 Å². The van der Waals surface area contributed by atoms with Gasteiger partial charge in [0.25, 0.3) is 0 Å². The van der Waals surface area contributed by atoms with Crippen molar-refractivity contribution in [1.29, 1.82) is 0 Å². The van der Waals surface area contributed by atoms with Gasteiger partial charge in [0.2, 0.25) is 0 Å². The zero-order chi connectivity index (χ0) is 66.3. The first-order valence-electron chi connectivity index (χ1n) is 37.1. The van der Waals surface area contributed by atoms with Crippen LogP contribution in [-0.4, -0.2) is 96.7 Å². The van der Waals surface area contributed by atoms with E-state index in [9.17, 15) is 43.2 Å².